The molecular formula is C34H60N8O13. The fourth-order valence-corrected chi connectivity index (χ4v) is 5.08. The number of hydrogen-bond donors (Lipinski definition) is 12. The number of carbonyl (C=O) groups excluding carboxylic acids is 7. The van der Waals surface area contributed by atoms with Crippen molar-refractivity contribution < 1.29 is 63.6 Å². The van der Waals surface area contributed by atoms with Crippen LogP contribution in [0.25, 0.3) is 0 Å². The highest BCUT2D eigenvalue weighted by Crippen LogP contribution is 2.12. The number of aliphatic hydroxyl groups excluding tert-OH is 2. The summed E-state index contributed by atoms with van der Waals surface area (Å²) in [5, 5.41) is 52.2. The molecule has 0 rings (SSSR count). The first kappa shape index (κ1) is 50.1. The Bertz CT molecular complexity index is 1360. The van der Waals surface area contributed by atoms with Crippen LogP contribution in [0.1, 0.15) is 87.0 Å². The molecule has 0 unspecified atom stereocenters. The topological polar surface area (TPSA) is 359 Å². The third-order valence-corrected chi connectivity index (χ3v) is 8.11. The number of amides is 7. The van der Waals surface area contributed by atoms with Gasteiger partial charge in [-0.2, -0.15) is 0 Å². The van der Waals surface area contributed by atoms with Gasteiger partial charge in [-0.05, 0) is 50.4 Å². The minimum atomic E-state index is -1.75. The Kier molecular flexibility index (Phi) is 22.3. The molecule has 314 valence electrons. The third-order valence-electron chi connectivity index (χ3n) is 8.11. The summed E-state index contributed by atoms with van der Waals surface area (Å²) >= 11 is 0. The Balaban J connectivity index is 6.18. The smallest absolute Gasteiger partial charge is 0.328 e. The van der Waals surface area contributed by atoms with Gasteiger partial charge in [-0.3, -0.25) is 38.4 Å². The third kappa shape index (κ3) is 19.3. The van der Waals surface area contributed by atoms with E-state index >= 15 is 0 Å². The maximum Gasteiger partial charge on any atom is 0.328 e. The van der Waals surface area contributed by atoms with Crippen molar-refractivity contribution in [2.75, 3.05) is 6.61 Å². The van der Waals surface area contributed by atoms with Crippen LogP contribution in [-0.2, 0) is 43.2 Å². The summed E-state index contributed by atoms with van der Waals surface area (Å²) in [7, 11) is 0. The van der Waals surface area contributed by atoms with Gasteiger partial charge in [0.25, 0.3) is 0 Å². The van der Waals surface area contributed by atoms with Gasteiger partial charge in [-0.25, -0.2) is 4.79 Å². The molecule has 0 saturated carbocycles. The van der Waals surface area contributed by atoms with E-state index in [-0.39, 0.29) is 37.5 Å². The Morgan fingerprint density at radius 1 is 0.545 bits per heavy atom. The van der Waals surface area contributed by atoms with Crippen molar-refractivity contribution in [3.63, 3.8) is 0 Å². The molecule has 0 radical (unpaired) electrons. The average Bonchev–Trinajstić information content (AvgIpc) is 3.06. The molecule has 14 N–H and O–H groups in total. The van der Waals surface area contributed by atoms with Crippen LogP contribution in [0.5, 0.6) is 0 Å². The lowest BCUT2D eigenvalue weighted by Gasteiger charge is -2.30. The van der Waals surface area contributed by atoms with Crippen molar-refractivity contribution in [1.29, 1.82) is 0 Å². The summed E-state index contributed by atoms with van der Waals surface area (Å²) in [6, 6.07) is -9.99. The molecule has 0 aromatic rings. The van der Waals surface area contributed by atoms with Crippen molar-refractivity contribution in [1.82, 2.24) is 31.9 Å². The van der Waals surface area contributed by atoms with Gasteiger partial charge in [0.1, 0.15) is 36.3 Å². The number of nitrogens with one attached hydrogen (secondary N) is 6. The van der Waals surface area contributed by atoms with Gasteiger partial charge >= 0.3 is 11.9 Å². The normalized spacial score (nSPS) is 15.7. The van der Waals surface area contributed by atoms with Crippen molar-refractivity contribution in [3.05, 3.63) is 0 Å². The van der Waals surface area contributed by atoms with Crippen LogP contribution >= 0.6 is 0 Å². The molecule has 0 fully saturated rings. The molecule has 7 amide bonds. The fraction of sp³-hybridized carbons (Fsp3) is 0.735. The first-order chi connectivity index (χ1) is 25.4. The lowest BCUT2D eigenvalue weighted by atomic mass is 9.98. The number of aliphatic carboxylic acids is 2. The molecule has 0 aliphatic rings. The number of carbonyl (C=O) groups is 9. The lowest BCUT2D eigenvalue weighted by Crippen LogP contribution is -2.62. The summed E-state index contributed by atoms with van der Waals surface area (Å²) in [5.41, 5.74) is 11.0. The van der Waals surface area contributed by atoms with E-state index in [1.807, 2.05) is 5.32 Å². The van der Waals surface area contributed by atoms with Crippen LogP contribution in [0.2, 0.25) is 0 Å². The zero-order valence-corrected chi connectivity index (χ0v) is 32.4. The molecular weight excluding hydrogens is 728 g/mol. The van der Waals surface area contributed by atoms with E-state index in [0.29, 0.717) is 0 Å². The first-order valence-electron chi connectivity index (χ1n) is 18.0. The van der Waals surface area contributed by atoms with E-state index in [1.165, 1.54) is 0 Å². The molecule has 0 spiro atoms. The van der Waals surface area contributed by atoms with Gasteiger partial charge < -0.3 is 63.8 Å². The largest absolute Gasteiger partial charge is 0.481 e. The molecule has 0 bridgehead atoms. The van der Waals surface area contributed by atoms with Gasteiger partial charge in [-0.1, -0.05) is 41.5 Å². The molecule has 21 heteroatoms. The highest BCUT2D eigenvalue weighted by Gasteiger charge is 2.36. The number of rotatable bonds is 26. The van der Waals surface area contributed by atoms with Crippen molar-refractivity contribution in [2.24, 2.45) is 29.2 Å². The predicted octanol–water partition coefficient (Wildman–Crippen LogP) is -3.44. The number of primary amides is 1. The van der Waals surface area contributed by atoms with Crippen LogP contribution in [0.4, 0.5) is 0 Å². The molecule has 8 atom stereocenters. The predicted molar refractivity (Wildman–Crippen MR) is 195 cm³/mol. The Morgan fingerprint density at radius 3 is 1.36 bits per heavy atom. The zero-order valence-electron chi connectivity index (χ0n) is 32.4. The first-order valence-corrected chi connectivity index (χ1v) is 18.0. The summed E-state index contributed by atoms with van der Waals surface area (Å²) < 4.78 is 0. The van der Waals surface area contributed by atoms with Crippen molar-refractivity contribution in [3.8, 4) is 0 Å². The highest BCUT2D eigenvalue weighted by molar-refractivity contribution is 5.97. The van der Waals surface area contributed by atoms with Crippen LogP contribution in [0, 0.1) is 17.8 Å². The number of carboxylic acid groups (broad SMARTS) is 2. The quantitative estimate of drug-likeness (QED) is 0.0406. The van der Waals surface area contributed by atoms with Gasteiger partial charge in [0.05, 0.1) is 18.8 Å². The summed E-state index contributed by atoms with van der Waals surface area (Å²) in [4.78, 5) is 113. The van der Waals surface area contributed by atoms with E-state index in [9.17, 15) is 58.5 Å². The summed E-state index contributed by atoms with van der Waals surface area (Å²) in [6.45, 7) is 10.5. The van der Waals surface area contributed by atoms with E-state index < -0.39 is 127 Å². The van der Waals surface area contributed by atoms with E-state index in [2.05, 4.69) is 26.6 Å². The van der Waals surface area contributed by atoms with Gasteiger partial charge in [0, 0.05) is 12.8 Å². The second-order valence-corrected chi connectivity index (χ2v) is 14.5. The number of aliphatic hydroxyl groups is 2. The maximum absolute atomic E-state index is 13.7. The Hall–Kier alpha value is -4.89. The number of nitrogens with two attached hydrogens (primary N) is 2. The zero-order chi connectivity index (χ0) is 42.7. The van der Waals surface area contributed by atoms with Crippen LogP contribution in [-0.4, -0.2) is 129 Å². The fourth-order valence-electron chi connectivity index (χ4n) is 5.08. The minimum absolute atomic E-state index is 0.0200. The lowest BCUT2D eigenvalue weighted by molar-refractivity contribution is -0.143. The van der Waals surface area contributed by atoms with E-state index in [0.717, 1.165) is 6.92 Å². The Labute approximate surface area is 319 Å². The van der Waals surface area contributed by atoms with Gasteiger partial charge in [0.2, 0.25) is 41.4 Å². The van der Waals surface area contributed by atoms with Gasteiger partial charge in [0.15, 0.2) is 0 Å². The summed E-state index contributed by atoms with van der Waals surface area (Å²) in [5.74, 6) is -9.90. The van der Waals surface area contributed by atoms with Crippen molar-refractivity contribution >= 4 is 53.3 Å². The van der Waals surface area contributed by atoms with Crippen LogP contribution in [0.3, 0.4) is 0 Å². The van der Waals surface area contributed by atoms with Crippen LogP contribution in [0.15, 0.2) is 0 Å². The molecule has 0 aliphatic heterocycles. The SMILES string of the molecule is CC(C)C[C@H](NC(=O)[C@@H](NC(=O)[C@H](CC(C)C)NC(=O)[C@@H](N)CCC(=O)O)C(C)C)C(=O)N[C@H](C(=O)N[C@@H](CCC(N)=O)C(=O)N[C@@H](CO)C(=O)O)[C@@H](C)O. The standard InChI is InChI=1S/C34H60N8O13/c1-15(2)12-21(38-28(48)19(35)8-11-25(46)47)30(50)41-26(17(5)6)32(52)39-22(13-16(3)4)31(51)42-27(18(7)44)33(53)37-20(9-10-24(36)45)29(49)40-23(14-43)34(54)55/h15-23,26-27,43-44H,8-14,35H2,1-7H3,(H2,36,45)(H,37,53)(H,38,48)(H,39,52)(H,40,49)(H,41,50)(H,42,51)(H,46,47)(H,54,55)/t18-,19+,20+,21+,22+,23+,26+,27+/m1/s1. The summed E-state index contributed by atoms with van der Waals surface area (Å²) in [6.07, 6.45) is -2.80. The second-order valence-electron chi connectivity index (χ2n) is 14.5. The number of hydrogen-bond acceptors (Lipinski definition) is 12. The molecule has 55 heavy (non-hydrogen) atoms. The highest BCUT2D eigenvalue weighted by atomic mass is 16.4. The molecule has 0 aromatic carbocycles. The molecule has 21 nitrogen and oxygen atoms in total. The minimum Gasteiger partial charge on any atom is -0.481 e. The molecule has 0 heterocycles. The van der Waals surface area contributed by atoms with Gasteiger partial charge in [-0.15, -0.1) is 0 Å². The monoisotopic (exact) mass is 788 g/mol. The molecule has 0 saturated heterocycles. The maximum atomic E-state index is 13.7. The Morgan fingerprint density at radius 2 is 0.964 bits per heavy atom. The average molecular weight is 789 g/mol. The van der Waals surface area contributed by atoms with E-state index in [4.69, 9.17) is 16.6 Å². The number of carboxylic acids is 2. The molecule has 0 aliphatic carbocycles. The molecule has 0 aromatic heterocycles. The van der Waals surface area contributed by atoms with Crippen LogP contribution < -0.4 is 43.4 Å². The van der Waals surface area contributed by atoms with Crippen molar-refractivity contribution in [2.45, 2.75) is 135 Å². The second kappa shape index (κ2) is 24.5. The van der Waals surface area contributed by atoms with E-state index in [1.54, 1.807) is 41.5 Å².